The maximum atomic E-state index is 12.0. The van der Waals surface area contributed by atoms with Gasteiger partial charge in [-0.1, -0.05) is 12.1 Å². The van der Waals surface area contributed by atoms with Crippen LogP contribution in [0.5, 0.6) is 0 Å². The highest BCUT2D eigenvalue weighted by atomic mass is 32.2. The number of hydrogen-bond acceptors (Lipinski definition) is 6. The zero-order chi connectivity index (χ0) is 15.0. The zero-order valence-corrected chi connectivity index (χ0v) is 12.3. The van der Waals surface area contributed by atoms with E-state index in [2.05, 4.69) is 0 Å². The molecule has 0 saturated heterocycles. The highest BCUT2D eigenvalue weighted by Crippen LogP contribution is 2.24. The Labute approximate surface area is 122 Å². The van der Waals surface area contributed by atoms with E-state index in [1.54, 1.807) is 24.3 Å². The van der Waals surface area contributed by atoms with Crippen LogP contribution < -0.4 is 5.73 Å². The summed E-state index contributed by atoms with van der Waals surface area (Å²) in [7, 11) is -3.60. The molecule has 0 aliphatic heterocycles. The van der Waals surface area contributed by atoms with E-state index >= 15 is 0 Å². The van der Waals surface area contributed by atoms with Crippen LogP contribution in [0, 0.1) is 22.7 Å². The topological polar surface area (TPSA) is 111 Å². The van der Waals surface area contributed by atoms with Crippen molar-refractivity contribution < 1.29 is 8.42 Å². The van der Waals surface area contributed by atoms with Gasteiger partial charge in [-0.3, -0.25) is 0 Å². The van der Waals surface area contributed by atoms with E-state index in [4.69, 9.17) is 16.3 Å². The molecule has 2 N–H and O–H groups in total. The SMILES string of the molecule is N#CCN(CC#N)S(=O)(=O)CCSc1ccccc1N. The number of rotatable bonds is 7. The van der Waals surface area contributed by atoms with Gasteiger partial charge in [0.05, 0.1) is 17.9 Å². The molecule has 1 rings (SSSR count). The van der Waals surface area contributed by atoms with Crippen LogP contribution in [-0.4, -0.2) is 37.3 Å². The summed E-state index contributed by atoms with van der Waals surface area (Å²) in [6.45, 7) is -0.623. The molecular weight excluding hydrogens is 296 g/mol. The summed E-state index contributed by atoms with van der Waals surface area (Å²) >= 11 is 1.33. The molecule has 8 heteroatoms. The van der Waals surface area contributed by atoms with Gasteiger partial charge in [0.1, 0.15) is 13.1 Å². The number of benzene rings is 1. The van der Waals surface area contributed by atoms with E-state index < -0.39 is 10.0 Å². The molecular formula is C12H14N4O2S2. The van der Waals surface area contributed by atoms with Gasteiger partial charge < -0.3 is 5.73 Å². The molecule has 20 heavy (non-hydrogen) atoms. The third kappa shape index (κ3) is 4.74. The highest BCUT2D eigenvalue weighted by molar-refractivity contribution is 8.00. The normalized spacial score (nSPS) is 10.9. The third-order valence-corrected chi connectivity index (χ3v) is 5.52. The first kappa shape index (κ1) is 16.3. The Morgan fingerprint density at radius 2 is 1.80 bits per heavy atom. The molecule has 0 unspecified atom stereocenters. The van der Waals surface area contributed by atoms with Gasteiger partial charge >= 0.3 is 0 Å². The number of nitrogens with zero attached hydrogens (tertiary/aromatic N) is 3. The Bertz CT molecular complexity index is 616. The van der Waals surface area contributed by atoms with Gasteiger partial charge in [-0.2, -0.15) is 14.8 Å². The van der Waals surface area contributed by atoms with Gasteiger partial charge in [-0.25, -0.2) is 8.42 Å². The van der Waals surface area contributed by atoms with E-state index in [0.29, 0.717) is 11.4 Å². The number of hydrogen-bond donors (Lipinski definition) is 1. The van der Waals surface area contributed by atoms with E-state index in [1.165, 1.54) is 11.8 Å². The molecule has 0 amide bonds. The van der Waals surface area contributed by atoms with Crippen molar-refractivity contribution in [1.82, 2.24) is 4.31 Å². The molecule has 0 aliphatic carbocycles. The predicted molar refractivity (Wildman–Crippen MR) is 78.2 cm³/mol. The van der Waals surface area contributed by atoms with Crippen LogP contribution in [0.1, 0.15) is 0 Å². The van der Waals surface area contributed by atoms with Crippen LogP contribution in [0.2, 0.25) is 0 Å². The number of nitriles is 2. The summed E-state index contributed by atoms with van der Waals surface area (Å²) in [5.74, 6) is 0.166. The van der Waals surface area contributed by atoms with Crippen LogP contribution in [0.25, 0.3) is 0 Å². The number of anilines is 1. The zero-order valence-electron chi connectivity index (χ0n) is 10.7. The average Bonchev–Trinajstić information content (AvgIpc) is 2.40. The minimum atomic E-state index is -3.60. The van der Waals surface area contributed by atoms with Gasteiger partial charge in [0.2, 0.25) is 10.0 Å². The first-order valence-electron chi connectivity index (χ1n) is 5.70. The van der Waals surface area contributed by atoms with Gasteiger partial charge in [-0.05, 0) is 12.1 Å². The molecule has 0 saturated carbocycles. The van der Waals surface area contributed by atoms with Crippen molar-refractivity contribution in [1.29, 1.82) is 10.5 Å². The number of nitrogen functional groups attached to an aromatic ring is 1. The molecule has 0 aromatic heterocycles. The Hall–Kier alpha value is -1.74. The summed E-state index contributed by atoms with van der Waals surface area (Å²) in [5, 5.41) is 17.2. The minimum Gasteiger partial charge on any atom is -0.398 e. The Kier molecular flexibility index (Phi) is 6.32. The molecule has 0 radical (unpaired) electrons. The van der Waals surface area contributed by atoms with Crippen LogP contribution >= 0.6 is 11.8 Å². The van der Waals surface area contributed by atoms with Crippen LogP contribution in [0.15, 0.2) is 29.2 Å². The molecule has 0 fully saturated rings. The summed E-state index contributed by atoms with van der Waals surface area (Å²) in [4.78, 5) is 0.815. The van der Waals surface area contributed by atoms with E-state index in [1.807, 2.05) is 12.1 Å². The van der Waals surface area contributed by atoms with Crippen LogP contribution in [-0.2, 0) is 10.0 Å². The monoisotopic (exact) mass is 310 g/mol. The maximum Gasteiger partial charge on any atom is 0.216 e. The van der Waals surface area contributed by atoms with Crippen molar-refractivity contribution in [2.45, 2.75) is 4.90 Å². The molecule has 0 spiro atoms. The van der Waals surface area contributed by atoms with E-state index in [0.717, 1.165) is 9.20 Å². The number of sulfonamides is 1. The summed E-state index contributed by atoms with van der Waals surface area (Å²) in [6.07, 6.45) is 0. The lowest BCUT2D eigenvalue weighted by Gasteiger charge is -2.15. The van der Waals surface area contributed by atoms with Crippen molar-refractivity contribution in [2.24, 2.45) is 0 Å². The van der Waals surface area contributed by atoms with Crippen molar-refractivity contribution in [2.75, 3.05) is 30.3 Å². The van der Waals surface area contributed by atoms with Gasteiger partial charge in [-0.15, -0.1) is 11.8 Å². The fourth-order valence-corrected chi connectivity index (χ4v) is 3.98. The maximum absolute atomic E-state index is 12.0. The summed E-state index contributed by atoms with van der Waals surface area (Å²) in [5.41, 5.74) is 6.36. The van der Waals surface area contributed by atoms with Crippen molar-refractivity contribution in [3.05, 3.63) is 24.3 Å². The van der Waals surface area contributed by atoms with Gasteiger partial charge in [0, 0.05) is 16.3 Å². The van der Waals surface area contributed by atoms with Crippen LogP contribution in [0.4, 0.5) is 5.69 Å². The van der Waals surface area contributed by atoms with Gasteiger partial charge in [0.15, 0.2) is 0 Å². The Balaban J connectivity index is 2.62. The van der Waals surface area contributed by atoms with Crippen LogP contribution in [0.3, 0.4) is 0 Å². The molecule has 0 aliphatic rings. The van der Waals surface area contributed by atoms with Crippen molar-refractivity contribution in [3.8, 4) is 12.1 Å². The lowest BCUT2D eigenvalue weighted by Crippen LogP contribution is -2.34. The lowest BCUT2D eigenvalue weighted by atomic mass is 10.3. The molecule has 6 nitrogen and oxygen atoms in total. The van der Waals surface area contributed by atoms with E-state index in [9.17, 15) is 8.42 Å². The third-order valence-electron chi connectivity index (χ3n) is 2.41. The molecule has 106 valence electrons. The standard InChI is InChI=1S/C12H14N4O2S2/c13-5-7-16(8-6-14)20(17,18)10-9-19-12-4-2-1-3-11(12)15/h1-4H,7-10,15H2. The average molecular weight is 310 g/mol. The summed E-state index contributed by atoms with van der Waals surface area (Å²) < 4.78 is 24.8. The first-order chi connectivity index (χ1) is 9.51. The summed E-state index contributed by atoms with van der Waals surface area (Å²) in [6, 6.07) is 10.7. The van der Waals surface area contributed by atoms with Gasteiger partial charge in [0.25, 0.3) is 0 Å². The van der Waals surface area contributed by atoms with E-state index in [-0.39, 0.29) is 18.8 Å². The second-order valence-corrected chi connectivity index (χ2v) is 7.01. The largest absolute Gasteiger partial charge is 0.398 e. The Morgan fingerprint density at radius 1 is 1.20 bits per heavy atom. The smallest absolute Gasteiger partial charge is 0.216 e. The molecule has 1 aromatic carbocycles. The second kappa shape index (κ2) is 7.75. The molecule has 0 atom stereocenters. The molecule has 1 aromatic rings. The molecule has 0 bridgehead atoms. The highest BCUT2D eigenvalue weighted by Gasteiger charge is 2.21. The fraction of sp³-hybridized carbons (Fsp3) is 0.333. The number of thioether (sulfide) groups is 1. The second-order valence-electron chi connectivity index (χ2n) is 3.79. The minimum absolute atomic E-state index is 0.143. The Morgan fingerprint density at radius 3 is 2.35 bits per heavy atom. The first-order valence-corrected chi connectivity index (χ1v) is 8.29. The number of para-hydroxylation sites is 1. The van der Waals surface area contributed by atoms with Crippen molar-refractivity contribution in [3.63, 3.8) is 0 Å². The lowest BCUT2D eigenvalue weighted by molar-refractivity contribution is 0.481. The molecule has 0 heterocycles. The van der Waals surface area contributed by atoms with Crippen molar-refractivity contribution >= 4 is 27.5 Å². The number of nitrogens with two attached hydrogens (primary N) is 1. The predicted octanol–water partition coefficient (Wildman–Crippen LogP) is 1.04. The quantitative estimate of drug-likeness (QED) is 0.457. The fourth-order valence-electron chi connectivity index (χ4n) is 1.41.